The van der Waals surface area contributed by atoms with Gasteiger partial charge in [0.25, 0.3) is 0 Å². The van der Waals surface area contributed by atoms with E-state index in [-0.39, 0.29) is 37.5 Å². The molecule has 0 spiro atoms. The fourth-order valence-electron chi connectivity index (χ4n) is 7.04. The Morgan fingerprint density at radius 3 is 0.957 bits per heavy atom. The Morgan fingerprint density at radius 2 is 0.594 bits per heavy atom. The van der Waals surface area contributed by atoms with Gasteiger partial charge in [-0.15, -0.1) is 0 Å². The highest BCUT2D eigenvalue weighted by atomic mass is 16.6. The third kappa shape index (κ3) is 54.1. The van der Waals surface area contributed by atoms with Crippen LogP contribution in [0.4, 0.5) is 0 Å². The summed E-state index contributed by atoms with van der Waals surface area (Å²) in [5, 5.41) is 0. The van der Waals surface area contributed by atoms with Crippen LogP contribution in [0.5, 0.6) is 0 Å². The summed E-state index contributed by atoms with van der Waals surface area (Å²) in [6.07, 6.45) is 79.6. The summed E-state index contributed by atoms with van der Waals surface area (Å²) in [6, 6.07) is 0. The van der Waals surface area contributed by atoms with Crippen molar-refractivity contribution in [2.75, 3.05) is 13.2 Å². The number of ether oxygens (including phenoxy) is 3. The van der Waals surface area contributed by atoms with Crippen molar-refractivity contribution in [3.63, 3.8) is 0 Å². The molecule has 6 heteroatoms. The van der Waals surface area contributed by atoms with E-state index < -0.39 is 6.10 Å². The molecule has 0 saturated carbocycles. The molecule has 69 heavy (non-hydrogen) atoms. The maximum Gasteiger partial charge on any atom is 0.306 e. The quantitative estimate of drug-likeness (QED) is 0.0262. The van der Waals surface area contributed by atoms with Crippen LogP contribution in [-0.4, -0.2) is 37.2 Å². The number of rotatable bonds is 47. The van der Waals surface area contributed by atoms with Gasteiger partial charge < -0.3 is 14.2 Å². The van der Waals surface area contributed by atoms with Crippen LogP contribution in [0.1, 0.15) is 213 Å². The minimum atomic E-state index is -0.816. The lowest BCUT2D eigenvalue weighted by atomic mass is 10.0. The molecule has 0 N–H and O–H groups in total. The molecule has 6 nitrogen and oxygen atoms in total. The average Bonchev–Trinajstić information content (AvgIpc) is 3.35. The molecule has 0 saturated heterocycles. The first-order chi connectivity index (χ1) is 34.0. The number of carbonyl (C=O) groups excluding carboxylic acids is 3. The van der Waals surface area contributed by atoms with Crippen LogP contribution in [0.15, 0.2) is 146 Å². The molecule has 1 unspecified atom stereocenters. The molecule has 0 amide bonds. The summed E-state index contributed by atoms with van der Waals surface area (Å²) in [7, 11) is 0. The molecule has 0 heterocycles. The van der Waals surface area contributed by atoms with Gasteiger partial charge in [0.05, 0.1) is 0 Å². The van der Waals surface area contributed by atoms with Gasteiger partial charge in [0.2, 0.25) is 0 Å². The maximum atomic E-state index is 12.8. The van der Waals surface area contributed by atoms with E-state index in [0.717, 1.165) is 96.3 Å². The Labute approximate surface area is 423 Å². The zero-order valence-corrected chi connectivity index (χ0v) is 44.0. The number of unbranched alkanes of at least 4 members (excludes halogenated alkanes) is 22. The zero-order valence-electron chi connectivity index (χ0n) is 44.0. The second-order valence-corrected chi connectivity index (χ2v) is 17.7. The van der Waals surface area contributed by atoms with Gasteiger partial charge in [-0.05, 0) is 57.8 Å². The first-order valence-electron chi connectivity index (χ1n) is 27.5. The lowest BCUT2D eigenvalue weighted by Crippen LogP contribution is -2.30. The normalized spacial score (nSPS) is 13.3. The summed E-state index contributed by atoms with van der Waals surface area (Å²) in [4.78, 5) is 38.1. The van der Waals surface area contributed by atoms with E-state index in [9.17, 15) is 14.4 Å². The van der Waals surface area contributed by atoms with Gasteiger partial charge in [-0.1, -0.05) is 282 Å². The highest BCUT2D eigenvalue weighted by molar-refractivity contribution is 5.71. The van der Waals surface area contributed by atoms with Crippen molar-refractivity contribution >= 4 is 17.9 Å². The van der Waals surface area contributed by atoms with E-state index in [2.05, 4.69) is 57.2 Å². The van der Waals surface area contributed by atoms with Crippen LogP contribution < -0.4 is 0 Å². The molecule has 0 fully saturated rings. The molecular weight excluding hydrogens is 853 g/mol. The molecule has 0 aromatic heterocycles. The fraction of sp³-hybridized carbons (Fsp3) is 0.571. The van der Waals surface area contributed by atoms with Gasteiger partial charge in [0, 0.05) is 19.3 Å². The lowest BCUT2D eigenvalue weighted by Gasteiger charge is -2.18. The van der Waals surface area contributed by atoms with Crippen molar-refractivity contribution in [1.29, 1.82) is 0 Å². The highest BCUT2D eigenvalue weighted by Crippen LogP contribution is 2.15. The molecule has 0 aliphatic carbocycles. The minimum Gasteiger partial charge on any atom is -0.462 e. The first-order valence-corrected chi connectivity index (χ1v) is 27.5. The summed E-state index contributed by atoms with van der Waals surface area (Å²) >= 11 is 0. The predicted molar refractivity (Wildman–Crippen MR) is 297 cm³/mol. The molecular formula is C63H98O6. The van der Waals surface area contributed by atoms with Crippen LogP contribution in [-0.2, 0) is 28.6 Å². The Kier molecular flexibility index (Phi) is 52.1. The van der Waals surface area contributed by atoms with E-state index in [1.54, 1.807) is 0 Å². The Bertz CT molecular complexity index is 1560. The van der Waals surface area contributed by atoms with Crippen LogP contribution in [0, 0.1) is 0 Å². The average molecular weight is 951 g/mol. The summed E-state index contributed by atoms with van der Waals surface area (Å²) < 4.78 is 16.8. The molecule has 0 aliphatic rings. The molecule has 0 aromatic rings. The second-order valence-electron chi connectivity index (χ2n) is 17.7. The topological polar surface area (TPSA) is 78.9 Å². The molecule has 0 radical (unpaired) electrons. The third-order valence-electron chi connectivity index (χ3n) is 11.1. The van der Waals surface area contributed by atoms with Crippen molar-refractivity contribution in [2.45, 2.75) is 219 Å². The molecule has 0 aliphatic heterocycles. The zero-order chi connectivity index (χ0) is 50.0. The second kappa shape index (κ2) is 55.9. The molecule has 0 rings (SSSR count). The Morgan fingerprint density at radius 1 is 0.304 bits per heavy atom. The fourth-order valence-corrected chi connectivity index (χ4v) is 7.04. The van der Waals surface area contributed by atoms with Crippen molar-refractivity contribution < 1.29 is 28.6 Å². The summed E-state index contributed by atoms with van der Waals surface area (Å²) in [5.74, 6) is -0.986. The number of esters is 3. The van der Waals surface area contributed by atoms with Gasteiger partial charge in [-0.3, -0.25) is 14.4 Å². The van der Waals surface area contributed by atoms with E-state index in [4.69, 9.17) is 14.2 Å². The van der Waals surface area contributed by atoms with Crippen LogP contribution in [0.2, 0.25) is 0 Å². The number of carbonyl (C=O) groups is 3. The van der Waals surface area contributed by atoms with E-state index >= 15 is 0 Å². The third-order valence-corrected chi connectivity index (χ3v) is 11.1. The summed E-state index contributed by atoms with van der Waals surface area (Å²) in [5.41, 5.74) is 0. The smallest absolute Gasteiger partial charge is 0.306 e. The molecule has 0 bridgehead atoms. The van der Waals surface area contributed by atoms with E-state index in [1.165, 1.54) is 77.0 Å². The van der Waals surface area contributed by atoms with Crippen molar-refractivity contribution in [3.8, 4) is 0 Å². The Balaban J connectivity index is 4.58. The molecule has 386 valence electrons. The molecule has 1 atom stereocenters. The van der Waals surface area contributed by atoms with Crippen molar-refractivity contribution in [1.82, 2.24) is 0 Å². The summed E-state index contributed by atoms with van der Waals surface area (Å²) in [6.45, 7) is 6.33. The highest BCUT2D eigenvalue weighted by Gasteiger charge is 2.19. The van der Waals surface area contributed by atoms with Crippen LogP contribution in [0.25, 0.3) is 0 Å². The SMILES string of the molecule is CC\C=C/C=C\C=C/C=C\C=C\C=C/C=C\CCCCCC(=O)OCC(COC(=O)CCCCCCCCCCCCCCCC)OC(=O)CCCCCCC\C=C/C=C\C=C/C=C\C=C/CCC. The number of hydrogen-bond donors (Lipinski definition) is 0. The van der Waals surface area contributed by atoms with Gasteiger partial charge in [-0.2, -0.15) is 0 Å². The van der Waals surface area contributed by atoms with Crippen molar-refractivity contribution in [3.05, 3.63) is 146 Å². The van der Waals surface area contributed by atoms with Crippen molar-refractivity contribution in [2.24, 2.45) is 0 Å². The van der Waals surface area contributed by atoms with Gasteiger partial charge in [0.15, 0.2) is 6.10 Å². The van der Waals surface area contributed by atoms with E-state index in [1.807, 2.05) is 109 Å². The van der Waals surface area contributed by atoms with E-state index in [0.29, 0.717) is 12.8 Å². The largest absolute Gasteiger partial charge is 0.462 e. The first kappa shape index (κ1) is 64.3. The predicted octanol–water partition coefficient (Wildman–Crippen LogP) is 18.4. The number of hydrogen-bond acceptors (Lipinski definition) is 6. The Hall–Kier alpha value is -4.71. The van der Waals surface area contributed by atoms with Gasteiger partial charge >= 0.3 is 17.9 Å². The number of allylic oxidation sites excluding steroid dienone is 24. The maximum absolute atomic E-state index is 12.8. The van der Waals surface area contributed by atoms with Crippen LogP contribution >= 0.6 is 0 Å². The standard InChI is InChI=1S/C63H98O6/c1-4-7-10-13-16-19-22-25-28-30-32-34-35-38-41-44-47-50-53-56-62(65)68-59-60(58-67-61(64)55-52-49-46-43-40-37-27-24-21-18-15-12-9-6-3)69-63(66)57-54-51-48-45-42-39-36-33-31-29-26-23-20-17-14-11-8-5-2/h7,10-11,13-14,16-17,19-20,22-23,25-26,28-36,38,41,60H,4-6,8-9,12,15,18,21,24,27,37,39-40,42-59H2,1-3H3/b10-7-,14-11-,16-13-,20-17-,22-19-,26-23-,28-25-,31-29-,32-30+,35-34-,36-33-,41-38-. The monoisotopic (exact) mass is 951 g/mol. The van der Waals surface area contributed by atoms with Gasteiger partial charge in [0.1, 0.15) is 13.2 Å². The minimum absolute atomic E-state index is 0.108. The molecule has 0 aromatic carbocycles. The van der Waals surface area contributed by atoms with Crippen LogP contribution in [0.3, 0.4) is 0 Å². The van der Waals surface area contributed by atoms with Gasteiger partial charge in [-0.25, -0.2) is 0 Å². The lowest BCUT2D eigenvalue weighted by molar-refractivity contribution is -0.167.